The molecule has 1 unspecified atom stereocenters. The van der Waals surface area contributed by atoms with E-state index in [4.69, 9.17) is 4.74 Å². The molecule has 0 aliphatic heterocycles. The zero-order valence-corrected chi connectivity index (χ0v) is 12.2. The van der Waals surface area contributed by atoms with Gasteiger partial charge in [-0.05, 0) is 31.2 Å². The maximum absolute atomic E-state index is 13.4. The highest BCUT2D eigenvalue weighted by atomic mass is 79.9. The van der Waals surface area contributed by atoms with E-state index in [-0.39, 0.29) is 11.5 Å². The lowest BCUT2D eigenvalue weighted by Crippen LogP contribution is -2.24. The van der Waals surface area contributed by atoms with Crippen molar-refractivity contribution in [3.8, 4) is 5.75 Å². The fraction of sp³-hybridized carbons (Fsp3) is 0.133. The third-order valence-electron chi connectivity index (χ3n) is 2.69. The molecule has 104 valence electrons. The number of Topliss-reactive ketones (excluding diaryl/α,β-unsaturated/α-hetero) is 1. The second-order valence-corrected chi connectivity index (χ2v) is 5.12. The molecule has 0 spiro atoms. The van der Waals surface area contributed by atoms with E-state index in [1.165, 1.54) is 6.92 Å². The van der Waals surface area contributed by atoms with Crippen molar-refractivity contribution in [3.05, 3.63) is 64.1 Å². The summed E-state index contributed by atoms with van der Waals surface area (Å²) < 4.78 is 32.5. The second-order valence-electron chi connectivity index (χ2n) is 4.21. The molecule has 0 heterocycles. The normalized spacial score (nSPS) is 12.0. The Morgan fingerprint density at radius 3 is 2.45 bits per heavy atom. The first-order chi connectivity index (χ1) is 9.47. The molecule has 2 rings (SSSR count). The minimum absolute atomic E-state index is 0.275. The van der Waals surface area contributed by atoms with Crippen molar-refractivity contribution in [1.82, 2.24) is 0 Å². The zero-order valence-electron chi connectivity index (χ0n) is 10.6. The first-order valence-electron chi connectivity index (χ1n) is 5.89. The number of hydrogen-bond acceptors (Lipinski definition) is 2. The summed E-state index contributed by atoms with van der Waals surface area (Å²) in [7, 11) is 0. The number of benzene rings is 2. The van der Waals surface area contributed by atoms with Crippen molar-refractivity contribution in [3.63, 3.8) is 0 Å². The van der Waals surface area contributed by atoms with E-state index in [9.17, 15) is 13.6 Å². The number of carbonyl (C=O) groups excluding carboxylic acids is 1. The Morgan fingerprint density at radius 2 is 1.80 bits per heavy atom. The lowest BCUT2D eigenvalue weighted by molar-refractivity contribution is 0.0811. The molecular weight excluding hydrogens is 330 g/mol. The molecule has 2 nitrogen and oxygen atoms in total. The third kappa shape index (κ3) is 3.42. The second kappa shape index (κ2) is 6.13. The average Bonchev–Trinajstić information content (AvgIpc) is 2.43. The SMILES string of the molecule is CC(Oc1cc(F)ccc1F)C(=O)c1ccc(Br)cc1. The van der Waals surface area contributed by atoms with Crippen LogP contribution in [0, 0.1) is 11.6 Å². The quantitative estimate of drug-likeness (QED) is 0.772. The summed E-state index contributed by atoms with van der Waals surface area (Å²) >= 11 is 3.27. The summed E-state index contributed by atoms with van der Waals surface area (Å²) in [5.74, 6) is -1.91. The van der Waals surface area contributed by atoms with Gasteiger partial charge in [-0.15, -0.1) is 0 Å². The van der Waals surface area contributed by atoms with Crippen LogP contribution in [0.25, 0.3) is 0 Å². The Hall–Kier alpha value is -1.75. The van der Waals surface area contributed by atoms with Crippen molar-refractivity contribution in [2.75, 3.05) is 0 Å². The van der Waals surface area contributed by atoms with Crippen molar-refractivity contribution < 1.29 is 18.3 Å². The monoisotopic (exact) mass is 340 g/mol. The van der Waals surface area contributed by atoms with E-state index in [1.807, 2.05) is 0 Å². The molecule has 5 heteroatoms. The summed E-state index contributed by atoms with van der Waals surface area (Å²) in [6.07, 6.45) is -0.910. The van der Waals surface area contributed by atoms with E-state index in [0.717, 1.165) is 22.7 Å². The summed E-state index contributed by atoms with van der Waals surface area (Å²) in [6, 6.07) is 9.58. The van der Waals surface area contributed by atoms with Crippen LogP contribution in [0.5, 0.6) is 5.75 Å². The van der Waals surface area contributed by atoms with Gasteiger partial charge >= 0.3 is 0 Å². The smallest absolute Gasteiger partial charge is 0.202 e. The number of hydrogen-bond donors (Lipinski definition) is 0. The van der Waals surface area contributed by atoms with Gasteiger partial charge in [0.25, 0.3) is 0 Å². The molecule has 0 N–H and O–H groups in total. The van der Waals surface area contributed by atoms with Gasteiger partial charge in [0.05, 0.1) is 0 Å². The highest BCUT2D eigenvalue weighted by Crippen LogP contribution is 2.21. The fourth-order valence-electron chi connectivity index (χ4n) is 1.66. The van der Waals surface area contributed by atoms with Gasteiger partial charge in [-0.3, -0.25) is 4.79 Å². The van der Waals surface area contributed by atoms with E-state index in [0.29, 0.717) is 5.56 Å². The standard InChI is InChI=1S/C15H11BrF2O2/c1-9(15(19)10-2-4-11(16)5-3-10)20-14-8-12(17)6-7-13(14)18/h2-9H,1H3. The van der Waals surface area contributed by atoms with Crippen molar-refractivity contribution in [2.24, 2.45) is 0 Å². The minimum atomic E-state index is -0.910. The van der Waals surface area contributed by atoms with Crippen molar-refractivity contribution in [2.45, 2.75) is 13.0 Å². The average molecular weight is 341 g/mol. The maximum Gasteiger partial charge on any atom is 0.202 e. The molecule has 0 fully saturated rings. The number of halogens is 3. The van der Waals surface area contributed by atoms with E-state index < -0.39 is 17.7 Å². The van der Waals surface area contributed by atoms with Crippen LogP contribution in [0.3, 0.4) is 0 Å². The van der Waals surface area contributed by atoms with Crippen molar-refractivity contribution in [1.29, 1.82) is 0 Å². The predicted octanol–water partition coefficient (Wildman–Crippen LogP) is 4.38. The fourth-order valence-corrected chi connectivity index (χ4v) is 1.92. The van der Waals surface area contributed by atoms with Gasteiger partial charge in [-0.2, -0.15) is 0 Å². The molecule has 0 aliphatic carbocycles. The Labute approximate surface area is 123 Å². The molecule has 0 amide bonds. The van der Waals surface area contributed by atoms with Gasteiger partial charge in [0.15, 0.2) is 17.7 Å². The Kier molecular flexibility index (Phi) is 4.49. The van der Waals surface area contributed by atoms with Crippen LogP contribution in [0.1, 0.15) is 17.3 Å². The molecule has 0 aliphatic rings. The summed E-state index contributed by atoms with van der Waals surface area (Å²) in [5.41, 5.74) is 0.442. The minimum Gasteiger partial charge on any atom is -0.479 e. The maximum atomic E-state index is 13.4. The van der Waals surface area contributed by atoms with Crippen LogP contribution in [-0.2, 0) is 0 Å². The van der Waals surface area contributed by atoms with Gasteiger partial charge in [0, 0.05) is 16.1 Å². The molecule has 0 saturated heterocycles. The third-order valence-corrected chi connectivity index (χ3v) is 3.22. The predicted molar refractivity (Wildman–Crippen MR) is 74.9 cm³/mol. The zero-order chi connectivity index (χ0) is 14.7. The summed E-state index contributed by atoms with van der Waals surface area (Å²) in [4.78, 5) is 12.1. The molecule has 0 aromatic heterocycles. The van der Waals surface area contributed by atoms with E-state index >= 15 is 0 Å². The van der Waals surface area contributed by atoms with Crippen LogP contribution < -0.4 is 4.74 Å². The van der Waals surface area contributed by atoms with Crippen molar-refractivity contribution >= 4 is 21.7 Å². The number of rotatable bonds is 4. The first kappa shape index (κ1) is 14.7. The lowest BCUT2D eigenvalue weighted by atomic mass is 10.1. The molecule has 0 radical (unpaired) electrons. The highest BCUT2D eigenvalue weighted by molar-refractivity contribution is 9.10. The van der Waals surface area contributed by atoms with Gasteiger partial charge in [0.1, 0.15) is 5.82 Å². The van der Waals surface area contributed by atoms with Crippen LogP contribution in [0.2, 0.25) is 0 Å². The molecule has 2 aromatic rings. The molecule has 2 aromatic carbocycles. The molecule has 0 bridgehead atoms. The van der Waals surface area contributed by atoms with Gasteiger partial charge < -0.3 is 4.74 Å². The van der Waals surface area contributed by atoms with Crippen LogP contribution in [0.15, 0.2) is 46.9 Å². The number of ketones is 1. The Morgan fingerprint density at radius 1 is 1.15 bits per heavy atom. The topological polar surface area (TPSA) is 26.3 Å². The van der Waals surface area contributed by atoms with Gasteiger partial charge in [-0.25, -0.2) is 8.78 Å². The largest absolute Gasteiger partial charge is 0.479 e. The van der Waals surface area contributed by atoms with Crippen LogP contribution >= 0.6 is 15.9 Å². The highest BCUT2D eigenvalue weighted by Gasteiger charge is 2.18. The lowest BCUT2D eigenvalue weighted by Gasteiger charge is -2.14. The first-order valence-corrected chi connectivity index (χ1v) is 6.68. The van der Waals surface area contributed by atoms with Crippen LogP contribution in [-0.4, -0.2) is 11.9 Å². The van der Waals surface area contributed by atoms with E-state index in [2.05, 4.69) is 15.9 Å². The number of ether oxygens (including phenoxy) is 1. The van der Waals surface area contributed by atoms with Gasteiger partial charge in [0.2, 0.25) is 5.78 Å². The summed E-state index contributed by atoms with van der Waals surface area (Å²) in [6.45, 7) is 1.49. The summed E-state index contributed by atoms with van der Waals surface area (Å²) in [5, 5.41) is 0. The molecule has 1 atom stereocenters. The van der Waals surface area contributed by atoms with Gasteiger partial charge in [-0.1, -0.05) is 28.1 Å². The Balaban J connectivity index is 2.15. The molecule has 0 saturated carbocycles. The number of carbonyl (C=O) groups is 1. The Bertz CT molecular complexity index is 626. The van der Waals surface area contributed by atoms with E-state index in [1.54, 1.807) is 24.3 Å². The van der Waals surface area contributed by atoms with Crippen LogP contribution in [0.4, 0.5) is 8.78 Å². The molecular formula is C15H11BrF2O2. The molecule has 20 heavy (non-hydrogen) atoms.